The molecule has 0 bridgehead atoms. The average molecular weight is 275 g/mol. The van der Waals surface area contributed by atoms with Crippen LogP contribution < -0.4 is 5.32 Å². The van der Waals surface area contributed by atoms with E-state index in [-0.39, 0.29) is 5.15 Å². The molecule has 0 aliphatic carbocycles. The topological polar surface area (TPSA) is 72.5 Å². The minimum Gasteiger partial charge on any atom is -0.357 e. The summed E-state index contributed by atoms with van der Waals surface area (Å²) in [5, 5.41) is 21.4. The maximum absolute atomic E-state index is 8.78. The molecular weight excluding hydrogens is 268 g/mol. The Labute approximate surface area is 113 Å². The third-order valence-electron chi connectivity index (χ3n) is 2.19. The van der Waals surface area contributed by atoms with Crippen molar-refractivity contribution in [3.05, 3.63) is 45.4 Å². The second-order valence-corrected chi connectivity index (χ2v) is 4.77. The van der Waals surface area contributed by atoms with Gasteiger partial charge in [0.1, 0.15) is 10.9 Å². The highest BCUT2D eigenvalue weighted by Gasteiger charge is 2.07. The minimum atomic E-state index is 0.218. The summed E-state index contributed by atoms with van der Waals surface area (Å²) in [7, 11) is 0. The summed E-state index contributed by atoms with van der Waals surface area (Å²) in [6.07, 6.45) is 0. The molecule has 2 aromatic rings. The van der Waals surface area contributed by atoms with Gasteiger partial charge < -0.3 is 5.32 Å². The average Bonchev–Trinajstić information content (AvgIpc) is 2.77. The van der Waals surface area contributed by atoms with E-state index in [1.807, 2.05) is 18.2 Å². The molecule has 1 N–H and O–H groups in total. The first-order chi connectivity index (χ1) is 8.72. The first kappa shape index (κ1) is 12.4. The zero-order chi connectivity index (χ0) is 13.0. The van der Waals surface area contributed by atoms with Crippen molar-refractivity contribution in [2.75, 3.05) is 5.32 Å². The second kappa shape index (κ2) is 5.50. The molecule has 0 saturated heterocycles. The molecule has 18 heavy (non-hydrogen) atoms. The van der Waals surface area contributed by atoms with E-state index in [9.17, 15) is 0 Å². The third kappa shape index (κ3) is 2.78. The van der Waals surface area contributed by atoms with Gasteiger partial charge in [-0.25, -0.2) is 4.98 Å². The number of rotatable bonds is 3. The summed E-state index contributed by atoms with van der Waals surface area (Å²) in [4.78, 5) is 4.42. The number of benzene rings is 1. The van der Waals surface area contributed by atoms with E-state index >= 15 is 0 Å². The highest BCUT2D eigenvalue weighted by atomic mass is 35.5. The Kier molecular flexibility index (Phi) is 3.78. The lowest BCUT2D eigenvalue weighted by Gasteiger charge is -2.02. The molecule has 0 unspecified atom stereocenters. The molecular formula is C12H7ClN4S. The van der Waals surface area contributed by atoms with Crippen molar-refractivity contribution in [3.8, 4) is 12.1 Å². The van der Waals surface area contributed by atoms with Gasteiger partial charge >= 0.3 is 0 Å². The normalized spacial score (nSPS) is 9.50. The molecule has 0 aliphatic rings. The van der Waals surface area contributed by atoms with Crippen LogP contribution >= 0.6 is 22.9 Å². The lowest BCUT2D eigenvalue weighted by atomic mass is 10.1. The van der Waals surface area contributed by atoms with Crippen molar-refractivity contribution < 1.29 is 0 Å². The summed E-state index contributed by atoms with van der Waals surface area (Å²) in [6.45, 7) is 0.532. The van der Waals surface area contributed by atoms with Gasteiger partial charge in [-0.05, 0) is 17.7 Å². The number of anilines is 1. The van der Waals surface area contributed by atoms with Crippen molar-refractivity contribution in [3.63, 3.8) is 0 Å². The van der Waals surface area contributed by atoms with Crippen LogP contribution in [0.15, 0.2) is 24.3 Å². The van der Waals surface area contributed by atoms with Gasteiger partial charge in [0.05, 0.1) is 11.6 Å². The second-order valence-electron chi connectivity index (χ2n) is 3.42. The number of nitrogens with zero attached hydrogens (tertiary/aromatic N) is 3. The van der Waals surface area contributed by atoms with Gasteiger partial charge in [-0.2, -0.15) is 10.5 Å². The summed E-state index contributed by atoms with van der Waals surface area (Å²) in [6, 6.07) is 11.3. The Morgan fingerprint density at radius 2 is 2.17 bits per heavy atom. The van der Waals surface area contributed by atoms with E-state index in [0.29, 0.717) is 22.1 Å². The predicted octanol–water partition coefficient (Wildman–Crippen LogP) is 3.15. The smallest absolute Gasteiger partial charge is 0.185 e. The standard InChI is InChI=1S/C12H7ClN4S/c13-11-10(6-15)18-12(17-11)16-7-9-3-1-2-8(4-9)5-14/h1-4H,7H2,(H,16,17). The lowest BCUT2D eigenvalue weighted by molar-refractivity contribution is 1.13. The predicted molar refractivity (Wildman–Crippen MR) is 70.3 cm³/mol. The van der Waals surface area contributed by atoms with Crippen molar-refractivity contribution >= 4 is 28.1 Å². The lowest BCUT2D eigenvalue weighted by Crippen LogP contribution is -1.98. The van der Waals surface area contributed by atoms with Gasteiger partial charge in [0.15, 0.2) is 10.3 Å². The molecule has 6 heteroatoms. The van der Waals surface area contributed by atoms with Crippen LogP contribution in [-0.4, -0.2) is 4.98 Å². The third-order valence-corrected chi connectivity index (χ3v) is 3.49. The number of nitriles is 2. The first-order valence-electron chi connectivity index (χ1n) is 5.02. The minimum absolute atomic E-state index is 0.218. The Morgan fingerprint density at radius 1 is 1.33 bits per heavy atom. The zero-order valence-electron chi connectivity index (χ0n) is 9.14. The molecule has 0 saturated carbocycles. The molecule has 0 atom stereocenters. The van der Waals surface area contributed by atoms with Crippen LogP contribution in [0.3, 0.4) is 0 Å². The van der Waals surface area contributed by atoms with Crippen LogP contribution in [0.25, 0.3) is 0 Å². The quantitative estimate of drug-likeness (QED) is 0.933. The molecule has 0 fully saturated rings. The molecule has 88 valence electrons. The fraction of sp³-hybridized carbons (Fsp3) is 0.0833. The van der Waals surface area contributed by atoms with Crippen molar-refractivity contribution in [1.29, 1.82) is 10.5 Å². The van der Waals surface area contributed by atoms with E-state index in [1.165, 1.54) is 11.3 Å². The van der Waals surface area contributed by atoms with Gasteiger partial charge in [0.25, 0.3) is 0 Å². The molecule has 0 aliphatic heterocycles. The van der Waals surface area contributed by atoms with Gasteiger partial charge in [-0.3, -0.25) is 0 Å². The molecule has 1 aromatic heterocycles. The molecule has 1 aromatic carbocycles. The monoisotopic (exact) mass is 274 g/mol. The Balaban J connectivity index is 2.07. The van der Waals surface area contributed by atoms with Crippen LogP contribution in [0.4, 0.5) is 5.13 Å². The summed E-state index contributed by atoms with van der Waals surface area (Å²) in [5.41, 5.74) is 1.59. The molecule has 0 spiro atoms. The SMILES string of the molecule is N#Cc1cccc(CNc2nc(Cl)c(C#N)s2)c1. The highest BCUT2D eigenvalue weighted by Crippen LogP contribution is 2.26. The summed E-state index contributed by atoms with van der Waals surface area (Å²) >= 11 is 6.98. The van der Waals surface area contributed by atoms with Gasteiger partial charge in [0, 0.05) is 6.54 Å². The zero-order valence-corrected chi connectivity index (χ0v) is 10.7. The van der Waals surface area contributed by atoms with Crippen LogP contribution in [0.1, 0.15) is 16.0 Å². The van der Waals surface area contributed by atoms with Crippen molar-refractivity contribution in [2.45, 2.75) is 6.54 Å². The summed E-state index contributed by atoms with van der Waals surface area (Å²) in [5.74, 6) is 0. The van der Waals surface area contributed by atoms with E-state index in [2.05, 4.69) is 16.4 Å². The Morgan fingerprint density at radius 3 is 2.83 bits per heavy atom. The maximum atomic E-state index is 8.78. The highest BCUT2D eigenvalue weighted by molar-refractivity contribution is 7.16. The Bertz CT molecular complexity index is 651. The van der Waals surface area contributed by atoms with E-state index in [4.69, 9.17) is 22.1 Å². The number of nitrogens with one attached hydrogen (secondary N) is 1. The van der Waals surface area contributed by atoms with E-state index in [0.717, 1.165) is 5.56 Å². The molecule has 0 amide bonds. The number of hydrogen-bond acceptors (Lipinski definition) is 5. The van der Waals surface area contributed by atoms with Gasteiger partial charge in [0.2, 0.25) is 0 Å². The molecule has 1 heterocycles. The molecule has 4 nitrogen and oxygen atoms in total. The van der Waals surface area contributed by atoms with Crippen LogP contribution in [0, 0.1) is 22.7 Å². The van der Waals surface area contributed by atoms with Crippen molar-refractivity contribution in [2.24, 2.45) is 0 Å². The maximum Gasteiger partial charge on any atom is 0.185 e. The number of halogens is 1. The van der Waals surface area contributed by atoms with Crippen LogP contribution in [-0.2, 0) is 6.54 Å². The fourth-order valence-electron chi connectivity index (χ4n) is 1.37. The number of aromatic nitrogens is 1. The number of thiazole rings is 1. The number of hydrogen-bond donors (Lipinski definition) is 1. The van der Waals surface area contributed by atoms with Gasteiger partial charge in [-0.1, -0.05) is 35.1 Å². The van der Waals surface area contributed by atoms with Crippen LogP contribution in [0.5, 0.6) is 0 Å². The van der Waals surface area contributed by atoms with Crippen molar-refractivity contribution in [1.82, 2.24) is 4.98 Å². The van der Waals surface area contributed by atoms with E-state index in [1.54, 1.807) is 12.1 Å². The van der Waals surface area contributed by atoms with Gasteiger partial charge in [-0.15, -0.1) is 0 Å². The fourth-order valence-corrected chi connectivity index (χ4v) is 2.32. The largest absolute Gasteiger partial charge is 0.357 e. The van der Waals surface area contributed by atoms with Crippen LogP contribution in [0.2, 0.25) is 5.15 Å². The first-order valence-corrected chi connectivity index (χ1v) is 6.21. The molecule has 0 radical (unpaired) electrons. The van der Waals surface area contributed by atoms with E-state index < -0.39 is 0 Å². The Hall–Kier alpha value is -2.08. The molecule has 2 rings (SSSR count). The summed E-state index contributed by atoms with van der Waals surface area (Å²) < 4.78 is 0.